The molecule has 1 aromatic heterocycles. The van der Waals surface area contributed by atoms with Crippen molar-refractivity contribution in [2.75, 3.05) is 25.6 Å². The van der Waals surface area contributed by atoms with E-state index in [-0.39, 0.29) is 0 Å². The van der Waals surface area contributed by atoms with Crippen LogP contribution < -0.4 is 20.5 Å². The lowest BCUT2D eigenvalue weighted by Crippen LogP contribution is -2.17. The van der Waals surface area contributed by atoms with Gasteiger partial charge < -0.3 is 14.8 Å². The first kappa shape index (κ1) is 12.9. The highest BCUT2D eigenvalue weighted by Gasteiger charge is 1.97. The van der Waals surface area contributed by atoms with E-state index in [2.05, 4.69) is 20.5 Å². The number of hydrogen-bond acceptors (Lipinski definition) is 6. The number of H-pyrrole nitrogens is 1. The topological polar surface area (TPSA) is 89.1 Å². The van der Waals surface area contributed by atoms with E-state index < -0.39 is 5.69 Å². The van der Waals surface area contributed by atoms with Crippen molar-refractivity contribution in [2.24, 2.45) is 0 Å². The fraction of sp³-hybridized carbons (Fsp3) is 0.250. The lowest BCUT2D eigenvalue weighted by Gasteiger charge is -2.08. The normalized spacial score (nSPS) is 9.95. The zero-order chi connectivity index (χ0) is 13.5. The Hall–Kier alpha value is -2.57. The van der Waals surface area contributed by atoms with Gasteiger partial charge in [-0.1, -0.05) is 0 Å². The molecule has 7 nitrogen and oxygen atoms in total. The molecule has 0 unspecified atom stereocenters. The van der Waals surface area contributed by atoms with Crippen molar-refractivity contribution in [1.29, 1.82) is 0 Å². The standard InChI is InChI=1S/C12H14N4O3/c1-18-9-2-4-10(5-3-9)19-7-6-13-11-8-14-16-12(17)15-11/h2-5,8H,6-7H2,1H3,(H2,13,15,16,17). The maximum Gasteiger partial charge on any atom is 0.363 e. The summed E-state index contributed by atoms with van der Waals surface area (Å²) in [7, 11) is 1.61. The number of nitrogens with one attached hydrogen (secondary N) is 2. The molecule has 2 aromatic rings. The number of benzene rings is 1. The van der Waals surface area contributed by atoms with Gasteiger partial charge in [0.15, 0.2) is 5.82 Å². The van der Waals surface area contributed by atoms with E-state index in [1.165, 1.54) is 6.20 Å². The predicted molar refractivity (Wildman–Crippen MR) is 69.6 cm³/mol. The van der Waals surface area contributed by atoms with Gasteiger partial charge in [-0.3, -0.25) is 0 Å². The van der Waals surface area contributed by atoms with Gasteiger partial charge in [-0.15, -0.1) is 0 Å². The third-order valence-corrected chi connectivity index (χ3v) is 2.31. The molecule has 1 heterocycles. The molecule has 0 fully saturated rings. The highest BCUT2D eigenvalue weighted by Crippen LogP contribution is 2.16. The van der Waals surface area contributed by atoms with Crippen LogP contribution in [0.5, 0.6) is 11.5 Å². The minimum atomic E-state index is -0.485. The molecule has 2 rings (SSSR count). The van der Waals surface area contributed by atoms with Gasteiger partial charge in [-0.25, -0.2) is 9.89 Å². The largest absolute Gasteiger partial charge is 0.497 e. The average Bonchev–Trinajstić information content (AvgIpc) is 2.44. The highest BCUT2D eigenvalue weighted by atomic mass is 16.5. The zero-order valence-corrected chi connectivity index (χ0v) is 10.4. The molecule has 1 aromatic carbocycles. The SMILES string of the molecule is COc1ccc(OCCNc2cn[nH]c(=O)n2)cc1. The van der Waals surface area contributed by atoms with Crippen molar-refractivity contribution in [1.82, 2.24) is 15.2 Å². The van der Waals surface area contributed by atoms with Crippen LogP contribution in [0.1, 0.15) is 0 Å². The molecule has 19 heavy (non-hydrogen) atoms. The number of hydrogen-bond donors (Lipinski definition) is 2. The number of rotatable bonds is 6. The van der Waals surface area contributed by atoms with E-state index in [1.807, 2.05) is 24.3 Å². The maximum atomic E-state index is 10.9. The van der Waals surface area contributed by atoms with Crippen LogP contribution in [0.4, 0.5) is 5.82 Å². The van der Waals surface area contributed by atoms with E-state index in [4.69, 9.17) is 9.47 Å². The molecule has 0 spiro atoms. The Kier molecular flexibility index (Phi) is 4.33. The van der Waals surface area contributed by atoms with Crippen LogP contribution in [0.3, 0.4) is 0 Å². The van der Waals surface area contributed by atoms with Crippen molar-refractivity contribution in [3.05, 3.63) is 40.9 Å². The molecule has 0 saturated heterocycles. The Morgan fingerprint density at radius 2 is 2.00 bits per heavy atom. The minimum Gasteiger partial charge on any atom is -0.497 e. The van der Waals surface area contributed by atoms with Gasteiger partial charge in [0.25, 0.3) is 0 Å². The molecule has 0 aliphatic carbocycles. The quantitative estimate of drug-likeness (QED) is 0.743. The van der Waals surface area contributed by atoms with E-state index >= 15 is 0 Å². The first-order chi connectivity index (χ1) is 9.28. The predicted octanol–water partition coefficient (Wildman–Crippen LogP) is 0.664. The van der Waals surface area contributed by atoms with Gasteiger partial charge in [0.05, 0.1) is 19.9 Å². The monoisotopic (exact) mass is 262 g/mol. The van der Waals surface area contributed by atoms with Gasteiger partial charge in [0, 0.05) is 0 Å². The first-order valence-corrected chi connectivity index (χ1v) is 5.70. The summed E-state index contributed by atoms with van der Waals surface area (Å²) in [4.78, 5) is 14.6. The summed E-state index contributed by atoms with van der Waals surface area (Å²) >= 11 is 0. The molecular formula is C12H14N4O3. The molecule has 0 radical (unpaired) electrons. The average molecular weight is 262 g/mol. The first-order valence-electron chi connectivity index (χ1n) is 5.70. The number of anilines is 1. The number of aromatic amines is 1. The second kappa shape index (κ2) is 6.39. The van der Waals surface area contributed by atoms with Crippen molar-refractivity contribution >= 4 is 5.82 Å². The van der Waals surface area contributed by atoms with E-state index in [0.717, 1.165) is 11.5 Å². The fourth-order valence-electron chi connectivity index (χ4n) is 1.42. The Morgan fingerprint density at radius 1 is 1.26 bits per heavy atom. The van der Waals surface area contributed by atoms with Crippen LogP contribution in [-0.4, -0.2) is 35.4 Å². The second-order valence-electron chi connectivity index (χ2n) is 3.62. The van der Waals surface area contributed by atoms with Crippen LogP contribution in [0.2, 0.25) is 0 Å². The molecule has 0 bridgehead atoms. The van der Waals surface area contributed by atoms with Crippen molar-refractivity contribution in [3.63, 3.8) is 0 Å². The Labute approximate surface area is 109 Å². The summed E-state index contributed by atoms with van der Waals surface area (Å²) in [5.74, 6) is 1.95. The van der Waals surface area contributed by atoms with Crippen molar-refractivity contribution in [3.8, 4) is 11.5 Å². The Morgan fingerprint density at radius 3 is 2.68 bits per heavy atom. The molecule has 0 amide bonds. The van der Waals surface area contributed by atoms with Gasteiger partial charge in [0.1, 0.15) is 18.1 Å². The zero-order valence-electron chi connectivity index (χ0n) is 10.4. The smallest absolute Gasteiger partial charge is 0.363 e. The van der Waals surface area contributed by atoms with E-state index in [9.17, 15) is 4.79 Å². The highest BCUT2D eigenvalue weighted by molar-refractivity contribution is 5.31. The van der Waals surface area contributed by atoms with Gasteiger partial charge >= 0.3 is 5.69 Å². The lowest BCUT2D eigenvalue weighted by molar-refractivity contribution is 0.331. The van der Waals surface area contributed by atoms with Crippen molar-refractivity contribution < 1.29 is 9.47 Å². The molecule has 2 N–H and O–H groups in total. The lowest BCUT2D eigenvalue weighted by atomic mass is 10.3. The molecule has 0 atom stereocenters. The summed E-state index contributed by atoms with van der Waals surface area (Å²) in [6, 6.07) is 7.30. The van der Waals surface area contributed by atoms with Gasteiger partial charge in [-0.2, -0.15) is 10.1 Å². The Bertz CT molecular complexity index is 568. The van der Waals surface area contributed by atoms with Crippen LogP contribution in [-0.2, 0) is 0 Å². The van der Waals surface area contributed by atoms with Crippen LogP contribution in [0.25, 0.3) is 0 Å². The number of methoxy groups -OCH3 is 1. The summed E-state index contributed by atoms with van der Waals surface area (Å²) in [6.07, 6.45) is 1.44. The summed E-state index contributed by atoms with van der Waals surface area (Å²) < 4.78 is 10.6. The third kappa shape index (κ3) is 3.98. The number of ether oxygens (including phenoxy) is 2. The maximum absolute atomic E-state index is 10.9. The third-order valence-electron chi connectivity index (χ3n) is 2.31. The van der Waals surface area contributed by atoms with Crippen molar-refractivity contribution in [2.45, 2.75) is 0 Å². The van der Waals surface area contributed by atoms with Crippen LogP contribution >= 0.6 is 0 Å². The number of aromatic nitrogens is 3. The molecule has 7 heteroatoms. The molecule has 0 aliphatic rings. The Balaban J connectivity index is 1.75. The van der Waals surface area contributed by atoms with Crippen LogP contribution in [0.15, 0.2) is 35.3 Å². The molecule has 0 aliphatic heterocycles. The van der Waals surface area contributed by atoms with E-state index in [1.54, 1.807) is 7.11 Å². The summed E-state index contributed by atoms with van der Waals surface area (Å²) in [5, 5.41) is 8.76. The van der Waals surface area contributed by atoms with Gasteiger partial charge in [-0.05, 0) is 24.3 Å². The summed E-state index contributed by atoms with van der Waals surface area (Å²) in [6.45, 7) is 0.963. The molecule has 0 saturated carbocycles. The number of nitrogens with zero attached hydrogens (tertiary/aromatic N) is 2. The molecular weight excluding hydrogens is 248 g/mol. The van der Waals surface area contributed by atoms with E-state index in [0.29, 0.717) is 19.0 Å². The van der Waals surface area contributed by atoms with Gasteiger partial charge in [0.2, 0.25) is 0 Å². The minimum absolute atomic E-state index is 0.419. The second-order valence-corrected chi connectivity index (χ2v) is 3.62. The molecule has 100 valence electrons. The fourth-order valence-corrected chi connectivity index (χ4v) is 1.42. The van der Waals surface area contributed by atoms with Crippen LogP contribution in [0, 0.1) is 0 Å². The summed E-state index contributed by atoms with van der Waals surface area (Å²) in [5.41, 5.74) is -0.485.